The predicted molar refractivity (Wildman–Crippen MR) is 128 cm³/mol. The van der Waals surface area contributed by atoms with Gasteiger partial charge in [0.25, 0.3) is 5.91 Å². The molecule has 35 heavy (non-hydrogen) atoms. The maximum absolute atomic E-state index is 13.0. The maximum Gasteiger partial charge on any atom is 0.326 e. The zero-order valence-corrected chi connectivity index (χ0v) is 19.7. The molecular weight excluding hydrogens is 470 g/mol. The van der Waals surface area contributed by atoms with Gasteiger partial charge in [-0.05, 0) is 38.2 Å². The van der Waals surface area contributed by atoms with Gasteiger partial charge in [0.1, 0.15) is 5.69 Å². The smallest absolute Gasteiger partial charge is 0.326 e. The van der Waals surface area contributed by atoms with E-state index in [9.17, 15) is 19.8 Å². The van der Waals surface area contributed by atoms with E-state index in [-0.39, 0.29) is 34.9 Å². The summed E-state index contributed by atoms with van der Waals surface area (Å²) >= 11 is 1.51. The molecule has 0 radical (unpaired) electrons. The number of rotatable bonds is 4. The van der Waals surface area contributed by atoms with Crippen LogP contribution in [-0.2, 0) is 4.79 Å². The van der Waals surface area contributed by atoms with Gasteiger partial charge in [-0.2, -0.15) is 9.61 Å². The van der Waals surface area contributed by atoms with Gasteiger partial charge in [-0.25, -0.2) is 9.78 Å². The van der Waals surface area contributed by atoms with Gasteiger partial charge in [0.2, 0.25) is 5.88 Å². The van der Waals surface area contributed by atoms with Crippen molar-refractivity contribution >= 4 is 29.4 Å². The summed E-state index contributed by atoms with van der Waals surface area (Å²) in [5, 5.41) is 24.8. The number of aliphatic hydroxyl groups is 1. The molecule has 11 nitrogen and oxygen atoms in total. The molecule has 12 heteroatoms. The van der Waals surface area contributed by atoms with E-state index in [1.165, 1.54) is 11.8 Å². The summed E-state index contributed by atoms with van der Waals surface area (Å²) in [6, 6.07) is 2.21. The third-order valence-electron chi connectivity index (χ3n) is 6.48. The number of carbonyl (C=O) groups excluding carboxylic acids is 1. The summed E-state index contributed by atoms with van der Waals surface area (Å²) in [5.41, 5.74) is 1.81. The number of nitrogens with one attached hydrogen (secondary N) is 2. The van der Waals surface area contributed by atoms with Gasteiger partial charge in [-0.3, -0.25) is 14.8 Å². The standard InChI is InChI=1S/C23H25N7O4S/c31-14-5-7-29(8-6-14)22(33)18-4-3-17(35-18)15-10-19(25-13-1-2-13)30-20(26-15)12(11-24-30)9-16-21(32)28-23(34)27-16/h4,9-11,13-14,17,31-32H,1-3,5-8H2,(H2,27,28,34). The van der Waals surface area contributed by atoms with E-state index in [0.29, 0.717) is 53.6 Å². The zero-order chi connectivity index (χ0) is 24.1. The van der Waals surface area contributed by atoms with Crippen molar-refractivity contribution in [1.29, 1.82) is 0 Å². The van der Waals surface area contributed by atoms with E-state index in [4.69, 9.17) is 9.98 Å². The molecule has 2 aliphatic heterocycles. The Labute approximate surface area is 203 Å². The number of amides is 1. The Morgan fingerprint density at radius 1 is 1.23 bits per heavy atom. The largest absolute Gasteiger partial charge is 0.493 e. The monoisotopic (exact) mass is 495 g/mol. The highest BCUT2D eigenvalue weighted by atomic mass is 32.2. The molecule has 1 unspecified atom stereocenters. The first-order chi connectivity index (χ1) is 16.9. The van der Waals surface area contributed by atoms with Crippen LogP contribution in [0.15, 0.2) is 33.0 Å². The second kappa shape index (κ2) is 8.68. The van der Waals surface area contributed by atoms with Crippen molar-refractivity contribution < 1.29 is 15.0 Å². The first-order valence-electron chi connectivity index (χ1n) is 11.7. The van der Waals surface area contributed by atoms with Crippen LogP contribution >= 0.6 is 11.8 Å². The number of aliphatic hydroxyl groups excluding tert-OH is 1. The summed E-state index contributed by atoms with van der Waals surface area (Å²) in [4.78, 5) is 41.6. The number of carbonyl (C=O) groups is 1. The number of piperidine rings is 1. The third-order valence-corrected chi connectivity index (χ3v) is 7.79. The minimum absolute atomic E-state index is 0.0126. The van der Waals surface area contributed by atoms with E-state index in [2.05, 4.69) is 15.1 Å². The van der Waals surface area contributed by atoms with Crippen LogP contribution in [0.5, 0.6) is 5.88 Å². The normalized spacial score (nSPS) is 22.4. The number of fused-ring (bicyclic) bond motifs is 1. The molecule has 1 aliphatic carbocycles. The van der Waals surface area contributed by atoms with Crippen LogP contribution in [0, 0.1) is 0 Å². The van der Waals surface area contributed by atoms with Crippen LogP contribution in [0.3, 0.4) is 0 Å². The molecule has 5 heterocycles. The summed E-state index contributed by atoms with van der Waals surface area (Å²) in [6.45, 7) is 1.14. The second-order valence-electron chi connectivity index (χ2n) is 9.15. The number of hydrogen-bond acceptors (Lipinski definition) is 8. The van der Waals surface area contributed by atoms with E-state index < -0.39 is 5.69 Å². The van der Waals surface area contributed by atoms with Crippen molar-refractivity contribution in [3.05, 3.63) is 55.8 Å². The summed E-state index contributed by atoms with van der Waals surface area (Å²) in [6.07, 6.45) is 8.87. The molecule has 3 aliphatic rings. The summed E-state index contributed by atoms with van der Waals surface area (Å²) in [5.74, 6) is -0.240. The van der Waals surface area contributed by atoms with Gasteiger partial charge in [-0.15, -0.1) is 11.8 Å². The first-order valence-corrected chi connectivity index (χ1v) is 12.6. The Balaban J connectivity index is 1.34. The average Bonchev–Trinajstić information content (AvgIpc) is 3.23. The molecule has 4 N–H and O–H groups in total. The molecule has 0 spiro atoms. The number of thioether (sulfide) groups is 1. The van der Waals surface area contributed by atoms with E-state index in [0.717, 1.165) is 18.5 Å². The molecule has 0 bridgehead atoms. The van der Waals surface area contributed by atoms with Gasteiger partial charge >= 0.3 is 5.69 Å². The molecule has 1 amide bonds. The summed E-state index contributed by atoms with van der Waals surface area (Å²) in [7, 11) is 0. The second-order valence-corrected chi connectivity index (χ2v) is 10.4. The first kappa shape index (κ1) is 22.1. The van der Waals surface area contributed by atoms with Crippen molar-refractivity contribution in [3.8, 4) is 5.88 Å². The van der Waals surface area contributed by atoms with Crippen molar-refractivity contribution in [3.63, 3.8) is 0 Å². The van der Waals surface area contributed by atoms with Crippen molar-refractivity contribution in [2.45, 2.75) is 49.5 Å². The van der Waals surface area contributed by atoms with Crippen LogP contribution in [0.2, 0.25) is 0 Å². The van der Waals surface area contributed by atoms with Crippen LogP contribution in [-0.4, -0.2) is 70.8 Å². The number of hydrogen-bond donors (Lipinski definition) is 4. The number of aromatic amines is 2. The lowest BCUT2D eigenvalue weighted by atomic mass is 10.1. The van der Waals surface area contributed by atoms with Crippen LogP contribution in [0.4, 0.5) is 0 Å². The van der Waals surface area contributed by atoms with Crippen LogP contribution in [0.1, 0.15) is 48.7 Å². The van der Waals surface area contributed by atoms with Gasteiger partial charge in [0.05, 0.1) is 34.2 Å². The highest BCUT2D eigenvalue weighted by Crippen LogP contribution is 2.43. The third kappa shape index (κ3) is 4.39. The molecule has 1 saturated carbocycles. The van der Waals surface area contributed by atoms with Crippen molar-refractivity contribution in [2.75, 3.05) is 13.1 Å². The Bertz CT molecular complexity index is 1510. The van der Waals surface area contributed by atoms with Gasteiger partial charge in [-0.1, -0.05) is 6.08 Å². The fourth-order valence-corrected chi connectivity index (χ4v) is 5.55. The van der Waals surface area contributed by atoms with Crippen LogP contribution < -0.4 is 16.4 Å². The molecule has 0 aromatic carbocycles. The fraction of sp³-hybridized carbons (Fsp3) is 0.435. The molecule has 2 fully saturated rings. The SMILES string of the molecule is O=C(C1=CCC(c2cc(=NC3CC3)n3ncc(=Cc4[nH]c(=O)[nH]c4O)c3n2)S1)N1CCC(O)CC1. The molecule has 6 rings (SSSR count). The minimum atomic E-state index is -0.503. The fourth-order valence-electron chi connectivity index (χ4n) is 4.39. The molecule has 3 aromatic heterocycles. The highest BCUT2D eigenvalue weighted by Gasteiger charge is 2.30. The number of H-pyrrole nitrogens is 2. The minimum Gasteiger partial charge on any atom is -0.493 e. The number of allylic oxidation sites excluding steroid dienone is 1. The van der Waals surface area contributed by atoms with Crippen molar-refractivity contribution in [2.24, 2.45) is 4.99 Å². The average molecular weight is 496 g/mol. The van der Waals surface area contributed by atoms with E-state index >= 15 is 0 Å². The Morgan fingerprint density at radius 3 is 2.74 bits per heavy atom. The molecule has 1 atom stereocenters. The Morgan fingerprint density at radius 2 is 2.03 bits per heavy atom. The maximum atomic E-state index is 13.0. The van der Waals surface area contributed by atoms with E-state index in [1.54, 1.807) is 16.8 Å². The molecular formula is C23H25N7O4S. The predicted octanol–water partition coefficient (Wildman–Crippen LogP) is 0.107. The quantitative estimate of drug-likeness (QED) is 0.401. The number of nitrogens with zero attached hydrogens (tertiary/aromatic N) is 5. The highest BCUT2D eigenvalue weighted by molar-refractivity contribution is 8.04. The molecule has 182 valence electrons. The van der Waals surface area contributed by atoms with Crippen molar-refractivity contribution in [1.82, 2.24) is 29.5 Å². The number of aromatic nitrogens is 5. The Hall–Kier alpha value is -3.38. The molecule has 1 saturated heterocycles. The lowest BCUT2D eigenvalue weighted by Crippen LogP contribution is -2.40. The Kier molecular flexibility index (Phi) is 5.49. The molecule has 3 aromatic rings. The summed E-state index contributed by atoms with van der Waals surface area (Å²) < 4.78 is 1.67. The lowest BCUT2D eigenvalue weighted by molar-refractivity contribution is -0.128. The number of likely N-dealkylation sites (tertiary alicyclic amines) is 1. The lowest BCUT2D eigenvalue weighted by Gasteiger charge is -2.29. The number of imidazole rings is 1. The van der Waals surface area contributed by atoms with Gasteiger partial charge < -0.3 is 20.1 Å². The van der Waals surface area contributed by atoms with E-state index in [1.807, 2.05) is 17.0 Å². The van der Waals surface area contributed by atoms with Gasteiger partial charge in [0, 0.05) is 24.4 Å². The number of aromatic hydroxyl groups is 1. The van der Waals surface area contributed by atoms with Crippen LogP contribution in [0.25, 0.3) is 11.7 Å². The van der Waals surface area contributed by atoms with Gasteiger partial charge in [0.15, 0.2) is 11.1 Å². The zero-order valence-electron chi connectivity index (χ0n) is 18.8. The topological polar surface area (TPSA) is 152 Å².